The van der Waals surface area contributed by atoms with Crippen molar-refractivity contribution in [2.24, 2.45) is 0 Å². The molecule has 1 aliphatic rings. The van der Waals surface area contributed by atoms with E-state index in [0.717, 1.165) is 18.8 Å². The van der Waals surface area contributed by atoms with Crippen molar-refractivity contribution < 1.29 is 0 Å². The van der Waals surface area contributed by atoms with Crippen LogP contribution in [-0.2, 0) is 0 Å². The number of aromatic nitrogens is 2. The minimum atomic E-state index is 0.267. The maximum atomic E-state index is 6.18. The summed E-state index contributed by atoms with van der Waals surface area (Å²) in [6.45, 7) is 3.21. The lowest BCUT2D eigenvalue weighted by atomic mass is 10.1. The van der Waals surface area contributed by atoms with Crippen molar-refractivity contribution in [1.29, 1.82) is 0 Å². The monoisotopic (exact) mass is 273 g/mol. The first-order valence-corrected chi connectivity index (χ1v) is 6.92. The number of anilines is 1. The average molecular weight is 274 g/mol. The van der Waals surface area contributed by atoms with E-state index in [4.69, 9.17) is 23.2 Å². The highest BCUT2D eigenvalue weighted by atomic mass is 35.5. The number of nitrogens with zero attached hydrogens (tertiary/aromatic N) is 3. The first-order valence-electron chi connectivity index (χ1n) is 6.17. The third-order valence-electron chi connectivity index (χ3n) is 3.32. The van der Waals surface area contributed by atoms with Crippen LogP contribution in [0.4, 0.5) is 5.82 Å². The number of rotatable bonds is 2. The third-order valence-corrected chi connectivity index (χ3v) is 3.77. The van der Waals surface area contributed by atoms with Gasteiger partial charge in [0.25, 0.3) is 0 Å². The van der Waals surface area contributed by atoms with Crippen molar-refractivity contribution in [3.63, 3.8) is 0 Å². The van der Waals surface area contributed by atoms with Crippen molar-refractivity contribution in [3.8, 4) is 0 Å². The zero-order valence-electron chi connectivity index (χ0n) is 9.99. The van der Waals surface area contributed by atoms with Crippen molar-refractivity contribution in [3.05, 3.63) is 16.5 Å². The summed E-state index contributed by atoms with van der Waals surface area (Å²) in [5.41, 5.74) is 0. The zero-order chi connectivity index (χ0) is 12.3. The summed E-state index contributed by atoms with van der Waals surface area (Å²) in [5, 5.41) is 0.859. The molecule has 94 valence electrons. The Balaban J connectivity index is 2.31. The summed E-state index contributed by atoms with van der Waals surface area (Å²) in [4.78, 5) is 10.5. The fourth-order valence-electron chi connectivity index (χ4n) is 2.42. The topological polar surface area (TPSA) is 29.0 Å². The van der Waals surface area contributed by atoms with Crippen LogP contribution in [0.3, 0.4) is 0 Å². The summed E-state index contributed by atoms with van der Waals surface area (Å²) in [5.74, 6) is 0.792. The minimum Gasteiger partial charge on any atom is -0.352 e. The summed E-state index contributed by atoms with van der Waals surface area (Å²) in [7, 11) is 0. The lowest BCUT2D eigenvalue weighted by Crippen LogP contribution is -2.35. The molecule has 1 aliphatic heterocycles. The van der Waals surface area contributed by atoms with E-state index in [1.165, 1.54) is 25.7 Å². The fraction of sp³-hybridized carbons (Fsp3) is 0.667. The molecule has 1 atom stereocenters. The molecule has 1 unspecified atom stereocenters. The lowest BCUT2D eigenvalue weighted by molar-refractivity contribution is 0.552. The Morgan fingerprint density at radius 3 is 2.94 bits per heavy atom. The van der Waals surface area contributed by atoms with Gasteiger partial charge in [-0.2, -0.15) is 4.98 Å². The van der Waals surface area contributed by atoms with Gasteiger partial charge in [-0.25, -0.2) is 4.98 Å². The minimum absolute atomic E-state index is 0.267. The van der Waals surface area contributed by atoms with Crippen molar-refractivity contribution in [2.75, 3.05) is 11.4 Å². The van der Waals surface area contributed by atoms with Gasteiger partial charge in [0, 0.05) is 12.6 Å². The largest absolute Gasteiger partial charge is 0.352 e. The van der Waals surface area contributed by atoms with Crippen LogP contribution >= 0.6 is 23.2 Å². The van der Waals surface area contributed by atoms with Gasteiger partial charge in [-0.15, -0.1) is 0 Å². The molecule has 1 aromatic rings. The van der Waals surface area contributed by atoms with Crippen molar-refractivity contribution in [1.82, 2.24) is 9.97 Å². The van der Waals surface area contributed by atoms with E-state index in [9.17, 15) is 0 Å². The second-order valence-electron chi connectivity index (χ2n) is 4.42. The highest BCUT2D eigenvalue weighted by Gasteiger charge is 2.23. The normalized spacial score (nSPS) is 21.4. The average Bonchev–Trinajstić information content (AvgIpc) is 2.57. The summed E-state index contributed by atoms with van der Waals surface area (Å²) >= 11 is 12.0. The van der Waals surface area contributed by atoms with Gasteiger partial charge in [-0.3, -0.25) is 0 Å². The highest BCUT2D eigenvalue weighted by molar-refractivity contribution is 6.33. The zero-order valence-corrected chi connectivity index (χ0v) is 11.5. The molecule has 0 amide bonds. The third kappa shape index (κ3) is 3.02. The Morgan fingerprint density at radius 1 is 1.35 bits per heavy atom. The van der Waals surface area contributed by atoms with Gasteiger partial charge in [-0.05, 0) is 30.9 Å². The second kappa shape index (κ2) is 5.87. The van der Waals surface area contributed by atoms with Crippen molar-refractivity contribution in [2.45, 2.75) is 45.1 Å². The molecule has 1 fully saturated rings. The van der Waals surface area contributed by atoms with Crippen LogP contribution in [0.5, 0.6) is 0 Å². The van der Waals surface area contributed by atoms with Crippen LogP contribution in [0.25, 0.3) is 0 Å². The van der Waals surface area contributed by atoms with Gasteiger partial charge in [-0.1, -0.05) is 31.4 Å². The molecule has 0 spiro atoms. The molecular weight excluding hydrogens is 257 g/mol. The summed E-state index contributed by atoms with van der Waals surface area (Å²) in [6.07, 6.45) is 7.65. The van der Waals surface area contributed by atoms with E-state index in [0.29, 0.717) is 11.1 Å². The quantitative estimate of drug-likeness (QED) is 0.765. The Bertz CT molecular complexity index is 384. The molecule has 2 heterocycles. The Morgan fingerprint density at radius 2 is 2.18 bits per heavy atom. The second-order valence-corrected chi connectivity index (χ2v) is 5.16. The smallest absolute Gasteiger partial charge is 0.224 e. The standard InChI is InChI=1S/C12H17Cl2N3/c1-2-9-6-4-3-5-7-17(9)11-10(13)8-15-12(14)16-11/h8-9H,2-7H2,1H3. The molecule has 5 heteroatoms. The van der Waals surface area contributed by atoms with E-state index in [-0.39, 0.29) is 5.28 Å². The van der Waals surface area contributed by atoms with Gasteiger partial charge in [0.2, 0.25) is 5.28 Å². The fourth-order valence-corrected chi connectivity index (χ4v) is 2.75. The molecule has 3 nitrogen and oxygen atoms in total. The van der Waals surface area contributed by atoms with Gasteiger partial charge in [0.1, 0.15) is 5.02 Å². The van der Waals surface area contributed by atoms with Gasteiger partial charge < -0.3 is 4.90 Å². The number of hydrogen-bond acceptors (Lipinski definition) is 3. The molecule has 0 bridgehead atoms. The van der Waals surface area contributed by atoms with Gasteiger partial charge >= 0.3 is 0 Å². The predicted octanol–water partition coefficient (Wildman–Crippen LogP) is 3.94. The Labute approximate surface area is 112 Å². The Hall–Kier alpha value is -0.540. The first-order chi connectivity index (χ1) is 8.22. The summed E-state index contributed by atoms with van der Waals surface area (Å²) < 4.78 is 0. The van der Waals surface area contributed by atoms with Crippen LogP contribution in [0, 0.1) is 0 Å². The molecule has 0 radical (unpaired) electrons. The summed E-state index contributed by atoms with van der Waals surface area (Å²) in [6, 6.07) is 0.515. The van der Waals surface area contributed by atoms with Crippen LogP contribution in [0.1, 0.15) is 39.0 Å². The van der Waals surface area contributed by atoms with Crippen LogP contribution in [0.2, 0.25) is 10.3 Å². The maximum absolute atomic E-state index is 6.18. The SMILES string of the molecule is CCC1CCCCCN1c1nc(Cl)ncc1Cl. The molecule has 1 saturated heterocycles. The lowest BCUT2D eigenvalue weighted by Gasteiger charge is -2.30. The van der Waals surface area contributed by atoms with E-state index in [1.807, 2.05) is 0 Å². The molecule has 1 aromatic heterocycles. The van der Waals surface area contributed by atoms with Gasteiger partial charge in [0.15, 0.2) is 5.82 Å². The van der Waals surface area contributed by atoms with Crippen LogP contribution in [-0.4, -0.2) is 22.6 Å². The van der Waals surface area contributed by atoms with Gasteiger partial charge in [0.05, 0.1) is 6.20 Å². The molecule has 0 aliphatic carbocycles. The molecule has 0 N–H and O–H groups in total. The van der Waals surface area contributed by atoms with Crippen LogP contribution < -0.4 is 4.90 Å². The van der Waals surface area contributed by atoms with E-state index < -0.39 is 0 Å². The molecule has 0 aromatic carbocycles. The number of halogens is 2. The Kier molecular flexibility index (Phi) is 4.46. The van der Waals surface area contributed by atoms with E-state index in [2.05, 4.69) is 21.8 Å². The maximum Gasteiger partial charge on any atom is 0.224 e. The van der Waals surface area contributed by atoms with E-state index in [1.54, 1.807) is 6.20 Å². The first kappa shape index (κ1) is 12.9. The molecule has 0 saturated carbocycles. The molecule has 17 heavy (non-hydrogen) atoms. The van der Waals surface area contributed by atoms with E-state index >= 15 is 0 Å². The molecular formula is C12H17Cl2N3. The number of hydrogen-bond donors (Lipinski definition) is 0. The highest BCUT2D eigenvalue weighted by Crippen LogP contribution is 2.30. The van der Waals surface area contributed by atoms with Crippen LogP contribution in [0.15, 0.2) is 6.20 Å². The predicted molar refractivity (Wildman–Crippen MR) is 71.9 cm³/mol. The molecule has 2 rings (SSSR count). The van der Waals surface area contributed by atoms with Crippen molar-refractivity contribution >= 4 is 29.0 Å².